The van der Waals surface area contributed by atoms with Gasteiger partial charge in [0, 0.05) is 0 Å². The average Bonchev–Trinajstić information content (AvgIpc) is 2.34. The number of aliphatic carboxylic acids is 1. The first-order valence-corrected chi connectivity index (χ1v) is 6.53. The SMILES string of the molecule is NC(CCSCOCc1ccccc1)C(=O)O. The first-order chi connectivity index (χ1) is 8.20. The van der Waals surface area contributed by atoms with Crippen LogP contribution in [0.25, 0.3) is 0 Å². The maximum absolute atomic E-state index is 10.4. The summed E-state index contributed by atoms with van der Waals surface area (Å²) in [5.41, 5.74) is 6.50. The van der Waals surface area contributed by atoms with Crippen LogP contribution in [-0.4, -0.2) is 28.8 Å². The van der Waals surface area contributed by atoms with Gasteiger partial charge in [-0.15, -0.1) is 11.8 Å². The van der Waals surface area contributed by atoms with Gasteiger partial charge < -0.3 is 15.6 Å². The van der Waals surface area contributed by atoms with Crippen LogP contribution in [0, 0.1) is 0 Å². The van der Waals surface area contributed by atoms with Crippen molar-refractivity contribution in [2.75, 3.05) is 11.7 Å². The number of carboxylic acid groups (broad SMARTS) is 1. The Morgan fingerprint density at radius 2 is 2.12 bits per heavy atom. The predicted molar refractivity (Wildman–Crippen MR) is 68.8 cm³/mol. The van der Waals surface area contributed by atoms with Crippen LogP contribution in [0.1, 0.15) is 12.0 Å². The highest BCUT2D eigenvalue weighted by molar-refractivity contribution is 7.99. The van der Waals surface area contributed by atoms with Crippen LogP contribution in [0.15, 0.2) is 30.3 Å². The molecule has 5 heteroatoms. The van der Waals surface area contributed by atoms with Gasteiger partial charge in [-0.1, -0.05) is 30.3 Å². The van der Waals surface area contributed by atoms with Crippen molar-refractivity contribution in [3.8, 4) is 0 Å². The highest BCUT2D eigenvalue weighted by Gasteiger charge is 2.09. The maximum Gasteiger partial charge on any atom is 0.320 e. The second kappa shape index (κ2) is 8.11. The molecular formula is C12H17NO3S. The van der Waals surface area contributed by atoms with Gasteiger partial charge in [0.2, 0.25) is 0 Å². The van der Waals surface area contributed by atoms with Gasteiger partial charge in [0.1, 0.15) is 6.04 Å². The van der Waals surface area contributed by atoms with Gasteiger partial charge in [-0.25, -0.2) is 0 Å². The molecule has 1 aromatic carbocycles. The summed E-state index contributed by atoms with van der Waals surface area (Å²) in [6.07, 6.45) is 0.467. The van der Waals surface area contributed by atoms with Gasteiger partial charge in [0.05, 0.1) is 12.5 Å². The standard InChI is InChI=1S/C12H17NO3S/c13-11(12(14)15)6-7-17-9-16-8-10-4-2-1-3-5-10/h1-5,11H,6-9,13H2,(H,14,15). The summed E-state index contributed by atoms with van der Waals surface area (Å²) in [5, 5.41) is 8.57. The van der Waals surface area contributed by atoms with Crippen molar-refractivity contribution in [3.63, 3.8) is 0 Å². The molecule has 94 valence electrons. The van der Waals surface area contributed by atoms with Gasteiger partial charge in [-0.05, 0) is 17.7 Å². The molecule has 4 nitrogen and oxygen atoms in total. The van der Waals surface area contributed by atoms with Crippen molar-refractivity contribution in [1.82, 2.24) is 0 Å². The molecule has 0 amide bonds. The van der Waals surface area contributed by atoms with E-state index in [-0.39, 0.29) is 0 Å². The molecule has 0 spiro atoms. The third kappa shape index (κ3) is 6.31. The van der Waals surface area contributed by atoms with Crippen LogP contribution in [0.4, 0.5) is 0 Å². The smallest absolute Gasteiger partial charge is 0.320 e. The molecule has 0 saturated heterocycles. The number of hydrogen-bond acceptors (Lipinski definition) is 4. The minimum Gasteiger partial charge on any atom is -0.480 e. The fourth-order valence-electron chi connectivity index (χ4n) is 1.19. The molecule has 3 N–H and O–H groups in total. The summed E-state index contributed by atoms with van der Waals surface area (Å²) in [6, 6.07) is 9.15. The highest BCUT2D eigenvalue weighted by atomic mass is 32.2. The Hall–Kier alpha value is -1.04. The van der Waals surface area contributed by atoms with Crippen molar-refractivity contribution in [2.24, 2.45) is 5.73 Å². The predicted octanol–water partition coefficient (Wildman–Crippen LogP) is 1.70. The zero-order chi connectivity index (χ0) is 12.5. The molecule has 0 aliphatic rings. The van der Waals surface area contributed by atoms with Crippen LogP contribution >= 0.6 is 11.8 Å². The zero-order valence-electron chi connectivity index (χ0n) is 9.54. The van der Waals surface area contributed by atoms with Crippen molar-refractivity contribution in [2.45, 2.75) is 19.1 Å². The molecule has 0 fully saturated rings. The van der Waals surface area contributed by atoms with E-state index in [0.717, 1.165) is 5.56 Å². The summed E-state index contributed by atoms with van der Waals surface area (Å²) >= 11 is 1.55. The summed E-state index contributed by atoms with van der Waals surface area (Å²) in [6.45, 7) is 0.582. The van der Waals surface area contributed by atoms with Crippen molar-refractivity contribution < 1.29 is 14.6 Å². The van der Waals surface area contributed by atoms with Gasteiger partial charge >= 0.3 is 5.97 Å². The number of thioether (sulfide) groups is 1. The number of hydrogen-bond donors (Lipinski definition) is 2. The van der Waals surface area contributed by atoms with Gasteiger partial charge in [0.25, 0.3) is 0 Å². The van der Waals surface area contributed by atoms with Crippen LogP contribution in [0.3, 0.4) is 0 Å². The molecule has 1 atom stereocenters. The summed E-state index contributed by atoms with van der Waals surface area (Å²) in [5.74, 6) is 0.305. The minimum atomic E-state index is -0.948. The topological polar surface area (TPSA) is 72.5 Å². The molecule has 0 radical (unpaired) electrons. The minimum absolute atomic E-state index is 0.467. The van der Waals surface area contributed by atoms with Crippen molar-refractivity contribution >= 4 is 17.7 Å². The van der Waals surface area contributed by atoms with Gasteiger partial charge in [-0.3, -0.25) is 4.79 Å². The Labute approximate surface area is 105 Å². The largest absolute Gasteiger partial charge is 0.480 e. The third-order valence-electron chi connectivity index (χ3n) is 2.17. The Bertz CT molecular complexity index is 332. The van der Waals surface area contributed by atoms with E-state index < -0.39 is 12.0 Å². The van der Waals surface area contributed by atoms with Crippen molar-refractivity contribution in [1.29, 1.82) is 0 Å². The summed E-state index contributed by atoms with van der Waals surface area (Å²) < 4.78 is 5.44. The molecular weight excluding hydrogens is 238 g/mol. The molecule has 1 rings (SSSR count). The molecule has 1 aromatic rings. The van der Waals surface area contributed by atoms with Crippen LogP contribution in [0.2, 0.25) is 0 Å². The molecule has 0 heterocycles. The third-order valence-corrected chi connectivity index (χ3v) is 3.03. The van der Waals surface area contributed by atoms with Gasteiger partial charge in [0.15, 0.2) is 0 Å². The molecule has 0 aliphatic carbocycles. The van der Waals surface area contributed by atoms with E-state index in [1.54, 1.807) is 11.8 Å². The lowest BCUT2D eigenvalue weighted by Crippen LogP contribution is -2.30. The van der Waals surface area contributed by atoms with Crippen LogP contribution in [-0.2, 0) is 16.1 Å². The number of ether oxygens (including phenoxy) is 1. The second-order valence-corrected chi connectivity index (χ2v) is 4.65. The van der Waals surface area contributed by atoms with Crippen LogP contribution in [0.5, 0.6) is 0 Å². The molecule has 0 aliphatic heterocycles. The van der Waals surface area contributed by atoms with E-state index in [9.17, 15) is 4.79 Å². The molecule has 0 bridgehead atoms. The lowest BCUT2D eigenvalue weighted by Gasteiger charge is -2.06. The van der Waals surface area contributed by atoms with E-state index in [1.807, 2.05) is 30.3 Å². The maximum atomic E-state index is 10.4. The van der Waals surface area contributed by atoms with Gasteiger partial charge in [-0.2, -0.15) is 0 Å². The number of benzene rings is 1. The molecule has 0 saturated carbocycles. The lowest BCUT2D eigenvalue weighted by atomic mass is 10.2. The summed E-state index contributed by atoms with van der Waals surface area (Å²) in [7, 11) is 0. The normalized spacial score (nSPS) is 12.3. The second-order valence-electron chi connectivity index (χ2n) is 3.59. The Morgan fingerprint density at radius 1 is 1.41 bits per heavy atom. The first-order valence-electron chi connectivity index (χ1n) is 5.38. The number of carboxylic acids is 1. The molecule has 17 heavy (non-hydrogen) atoms. The fourth-order valence-corrected chi connectivity index (χ4v) is 1.93. The van der Waals surface area contributed by atoms with E-state index >= 15 is 0 Å². The van der Waals surface area contributed by atoms with E-state index in [0.29, 0.717) is 24.7 Å². The Morgan fingerprint density at radius 3 is 2.76 bits per heavy atom. The highest BCUT2D eigenvalue weighted by Crippen LogP contribution is 2.07. The van der Waals surface area contributed by atoms with Crippen LogP contribution < -0.4 is 5.73 Å². The number of rotatable bonds is 8. The van der Waals surface area contributed by atoms with E-state index in [1.165, 1.54) is 0 Å². The average molecular weight is 255 g/mol. The van der Waals surface area contributed by atoms with E-state index in [2.05, 4.69) is 0 Å². The first kappa shape index (κ1) is 14.0. The zero-order valence-corrected chi connectivity index (χ0v) is 10.4. The Balaban J connectivity index is 2.00. The number of nitrogens with two attached hydrogens (primary N) is 1. The summed E-state index contributed by atoms with van der Waals surface area (Å²) in [4.78, 5) is 10.4. The van der Waals surface area contributed by atoms with E-state index in [4.69, 9.17) is 15.6 Å². The van der Waals surface area contributed by atoms with Crippen molar-refractivity contribution in [3.05, 3.63) is 35.9 Å². The monoisotopic (exact) mass is 255 g/mol. The fraction of sp³-hybridized carbons (Fsp3) is 0.417. The Kier molecular flexibility index (Phi) is 6.69. The quantitative estimate of drug-likeness (QED) is 0.546. The number of carbonyl (C=O) groups is 1. The molecule has 1 unspecified atom stereocenters. The molecule has 0 aromatic heterocycles. The lowest BCUT2D eigenvalue weighted by molar-refractivity contribution is -0.138.